The summed E-state index contributed by atoms with van der Waals surface area (Å²) in [6, 6.07) is 19.2. The first-order valence-corrected chi connectivity index (χ1v) is 12.9. The van der Waals surface area contributed by atoms with Crippen LogP contribution in [0.25, 0.3) is 0 Å². The van der Waals surface area contributed by atoms with E-state index in [1.807, 2.05) is 74.5 Å². The highest BCUT2D eigenvalue weighted by Crippen LogP contribution is 2.24. The lowest BCUT2D eigenvalue weighted by atomic mass is 10.1. The van der Waals surface area contributed by atoms with Crippen molar-refractivity contribution in [1.82, 2.24) is 4.98 Å². The number of nitrogens with zero attached hydrogens (tertiary/aromatic N) is 2. The molecule has 0 saturated heterocycles. The van der Waals surface area contributed by atoms with Gasteiger partial charge in [0.1, 0.15) is 13.2 Å². The fraction of sp³-hybridized carbons (Fsp3) is 0.360. The molecule has 2 aromatic carbocycles. The van der Waals surface area contributed by atoms with E-state index in [2.05, 4.69) is 4.98 Å². The summed E-state index contributed by atoms with van der Waals surface area (Å²) >= 11 is 0. The molecular formula is C25H30N2O6S. The average molecular weight is 487 g/mol. The van der Waals surface area contributed by atoms with E-state index < -0.39 is 16.7 Å². The van der Waals surface area contributed by atoms with Gasteiger partial charge < -0.3 is 14.7 Å². The van der Waals surface area contributed by atoms with Crippen LogP contribution in [0.4, 0.5) is 0 Å². The molecule has 0 unspecified atom stereocenters. The van der Waals surface area contributed by atoms with Gasteiger partial charge in [0, 0.05) is 12.8 Å². The largest absolute Gasteiger partial charge is 0.616 e. The lowest BCUT2D eigenvalue weighted by Crippen LogP contribution is -2.38. The highest BCUT2D eigenvalue weighted by molar-refractivity contribution is 7.85. The van der Waals surface area contributed by atoms with Gasteiger partial charge in [-0.25, -0.2) is 0 Å². The fourth-order valence-electron chi connectivity index (χ4n) is 3.27. The molecule has 9 heteroatoms. The first-order chi connectivity index (χ1) is 16.2. The van der Waals surface area contributed by atoms with Gasteiger partial charge in [0.2, 0.25) is 0 Å². The molecular weight excluding hydrogens is 456 g/mol. The van der Waals surface area contributed by atoms with Crippen LogP contribution in [0, 0.1) is 11.1 Å². The number of rotatable bonds is 12. The Balaban J connectivity index is 1.92. The Bertz CT molecular complexity index is 1170. The summed E-state index contributed by atoms with van der Waals surface area (Å²) in [5.41, 5.74) is 2.34. The maximum atomic E-state index is 13.4. The molecule has 0 atom stereocenters. The molecule has 3 aromatic rings. The molecule has 182 valence electrons. The number of benzene rings is 2. The predicted octanol–water partition coefficient (Wildman–Crippen LogP) is 3.59. The second-order valence-corrected chi connectivity index (χ2v) is 9.98. The first-order valence-electron chi connectivity index (χ1n) is 11.1. The van der Waals surface area contributed by atoms with Gasteiger partial charge in [-0.05, 0) is 17.0 Å². The predicted molar refractivity (Wildman–Crippen MR) is 128 cm³/mol. The Morgan fingerprint density at radius 3 is 2.15 bits per heavy atom. The molecule has 0 aliphatic carbocycles. The third-order valence-corrected chi connectivity index (χ3v) is 5.41. The Hall–Kier alpha value is -3.17. The highest BCUT2D eigenvalue weighted by atomic mass is 32.2. The molecule has 0 spiro atoms. The van der Waals surface area contributed by atoms with Crippen LogP contribution in [-0.2, 0) is 40.4 Å². The van der Waals surface area contributed by atoms with E-state index in [4.69, 9.17) is 13.7 Å². The molecule has 8 nitrogen and oxygen atoms in total. The fourth-order valence-corrected chi connectivity index (χ4v) is 3.59. The summed E-state index contributed by atoms with van der Waals surface area (Å²) in [5.74, 6) is 0.203. The molecule has 0 aliphatic heterocycles. The van der Waals surface area contributed by atoms with Crippen LogP contribution in [-0.4, -0.2) is 26.3 Å². The summed E-state index contributed by atoms with van der Waals surface area (Å²) in [6.45, 7) is 3.95. The third kappa shape index (κ3) is 7.71. The smallest absolute Gasteiger partial charge is 0.404 e. The van der Waals surface area contributed by atoms with Crippen molar-refractivity contribution < 1.29 is 26.8 Å². The van der Waals surface area contributed by atoms with E-state index in [-0.39, 0.29) is 36.6 Å². The molecule has 1 aromatic heterocycles. The van der Waals surface area contributed by atoms with Crippen LogP contribution in [0.3, 0.4) is 0 Å². The highest BCUT2D eigenvalue weighted by Gasteiger charge is 2.28. The maximum absolute atomic E-state index is 13.4. The average Bonchev–Trinajstić information content (AvgIpc) is 2.80. The molecule has 0 N–H and O–H groups in total. The molecule has 34 heavy (non-hydrogen) atoms. The summed E-state index contributed by atoms with van der Waals surface area (Å²) in [7, 11) is -3.76. The molecule has 0 amide bonds. The zero-order chi connectivity index (χ0) is 24.6. The molecule has 0 radical (unpaired) electrons. The van der Waals surface area contributed by atoms with Crippen molar-refractivity contribution in [3.8, 4) is 11.8 Å². The lowest BCUT2D eigenvalue weighted by molar-refractivity contribution is -0.623. The zero-order valence-electron chi connectivity index (χ0n) is 19.6. The SMILES string of the molecule is CC(C)Cc1c(OCc2ccccc2)nc(COS(C)(=O)=O)c(OCCc2ccccc2)[n+]1[O-]. The Morgan fingerprint density at radius 1 is 0.941 bits per heavy atom. The van der Waals surface area contributed by atoms with Crippen molar-refractivity contribution in [2.24, 2.45) is 5.92 Å². The van der Waals surface area contributed by atoms with E-state index in [1.165, 1.54) is 0 Å². The van der Waals surface area contributed by atoms with Crippen LogP contribution in [0.2, 0.25) is 0 Å². The lowest BCUT2D eigenvalue weighted by Gasteiger charge is -2.17. The second-order valence-electron chi connectivity index (χ2n) is 8.33. The van der Waals surface area contributed by atoms with Gasteiger partial charge in [-0.15, -0.1) is 4.73 Å². The van der Waals surface area contributed by atoms with Gasteiger partial charge in [0.15, 0.2) is 5.69 Å². The minimum absolute atomic E-state index is 0.0593. The summed E-state index contributed by atoms with van der Waals surface area (Å²) < 4.78 is 40.5. The van der Waals surface area contributed by atoms with Crippen LogP contribution >= 0.6 is 0 Å². The molecule has 0 saturated carbocycles. The Kier molecular flexibility index (Phi) is 8.84. The number of ether oxygens (including phenoxy) is 2. The number of hydrogen-bond acceptors (Lipinski definition) is 7. The normalized spacial score (nSPS) is 11.5. The summed E-state index contributed by atoms with van der Waals surface area (Å²) in [4.78, 5) is 4.47. The standard InChI is InChI=1S/C25H30N2O6S/c1-19(2)16-23-24(32-17-21-12-8-5-9-13-21)26-22(18-33-34(3,29)30)25(27(23)28)31-15-14-20-10-6-4-7-11-20/h4-13,19H,14-18H2,1-3H3. The quantitative estimate of drug-likeness (QED) is 0.219. The van der Waals surface area contributed by atoms with Crippen molar-refractivity contribution in [2.45, 2.75) is 39.9 Å². The van der Waals surface area contributed by atoms with Gasteiger partial charge in [-0.3, -0.25) is 4.18 Å². The van der Waals surface area contributed by atoms with Gasteiger partial charge in [0.05, 0.1) is 12.9 Å². The zero-order valence-corrected chi connectivity index (χ0v) is 20.5. The van der Waals surface area contributed by atoms with Crippen molar-refractivity contribution in [1.29, 1.82) is 0 Å². The first kappa shape index (κ1) is 25.5. The molecule has 0 aliphatic rings. The number of aromatic nitrogens is 2. The van der Waals surface area contributed by atoms with E-state index >= 15 is 0 Å². The molecule has 0 fully saturated rings. The second kappa shape index (κ2) is 11.8. The topological polar surface area (TPSA) is 102 Å². The summed E-state index contributed by atoms with van der Waals surface area (Å²) in [6.07, 6.45) is 1.91. The monoisotopic (exact) mass is 486 g/mol. The van der Waals surface area contributed by atoms with Crippen LogP contribution in [0.5, 0.6) is 11.8 Å². The third-order valence-electron chi connectivity index (χ3n) is 4.86. The van der Waals surface area contributed by atoms with Gasteiger partial charge in [-0.1, -0.05) is 74.5 Å². The van der Waals surface area contributed by atoms with Crippen molar-refractivity contribution in [3.05, 3.63) is 88.4 Å². The van der Waals surface area contributed by atoms with Crippen molar-refractivity contribution >= 4 is 10.1 Å². The Morgan fingerprint density at radius 2 is 1.56 bits per heavy atom. The van der Waals surface area contributed by atoms with Crippen LogP contribution in [0.15, 0.2) is 60.7 Å². The van der Waals surface area contributed by atoms with Gasteiger partial charge >= 0.3 is 5.88 Å². The Labute approximate surface area is 200 Å². The maximum Gasteiger partial charge on any atom is 0.404 e. The van der Waals surface area contributed by atoms with Crippen molar-refractivity contribution in [3.63, 3.8) is 0 Å². The minimum Gasteiger partial charge on any atom is -0.616 e. The van der Waals surface area contributed by atoms with Crippen LogP contribution in [0.1, 0.15) is 36.4 Å². The van der Waals surface area contributed by atoms with E-state index in [9.17, 15) is 13.6 Å². The minimum atomic E-state index is -3.76. The number of hydrogen-bond donors (Lipinski definition) is 0. The molecule has 3 rings (SSSR count). The van der Waals surface area contributed by atoms with Crippen LogP contribution < -0.4 is 14.2 Å². The van der Waals surface area contributed by atoms with E-state index in [0.29, 0.717) is 23.3 Å². The van der Waals surface area contributed by atoms with Crippen molar-refractivity contribution in [2.75, 3.05) is 12.9 Å². The molecule has 1 heterocycles. The molecule has 0 bridgehead atoms. The van der Waals surface area contributed by atoms with E-state index in [1.54, 1.807) is 0 Å². The summed E-state index contributed by atoms with van der Waals surface area (Å²) in [5, 5.41) is 13.4. The van der Waals surface area contributed by atoms with Gasteiger partial charge in [-0.2, -0.15) is 13.4 Å². The van der Waals surface area contributed by atoms with E-state index in [0.717, 1.165) is 17.4 Å². The van der Waals surface area contributed by atoms with Gasteiger partial charge in [0.25, 0.3) is 21.7 Å².